The van der Waals surface area contributed by atoms with Crippen LogP contribution in [0.25, 0.3) is 0 Å². The highest BCUT2D eigenvalue weighted by atomic mass is 19.1. The Bertz CT molecular complexity index is 315. The molecule has 0 atom stereocenters. The molecule has 0 fully saturated rings. The lowest BCUT2D eigenvalue weighted by Gasteiger charge is -2.07. The fourth-order valence-electron chi connectivity index (χ4n) is 1.07. The van der Waals surface area contributed by atoms with Crippen molar-refractivity contribution in [3.8, 4) is 5.75 Å². The van der Waals surface area contributed by atoms with Crippen LogP contribution in [0.15, 0.2) is 12.1 Å². The molecular formula is C8H10BFO3. The topological polar surface area (TPSA) is 49.7 Å². The average Bonchev–Trinajstić information content (AvgIpc) is 2.09. The SMILES string of the molecule is COc1cc(C)c(F)c(B(O)O)c1. The van der Waals surface area contributed by atoms with Crippen LogP contribution in [0.4, 0.5) is 4.39 Å². The maximum absolute atomic E-state index is 13.2. The Morgan fingerprint density at radius 1 is 1.38 bits per heavy atom. The monoisotopic (exact) mass is 184 g/mol. The summed E-state index contributed by atoms with van der Waals surface area (Å²) < 4.78 is 18.0. The molecule has 1 aromatic rings. The standard InChI is InChI=1S/C8H10BFO3/c1-5-3-6(13-2)4-7(8(5)10)9(11)12/h3-4,11-12H,1-2H3. The number of ether oxygens (including phenoxy) is 1. The fourth-order valence-corrected chi connectivity index (χ4v) is 1.07. The Labute approximate surface area is 75.9 Å². The van der Waals surface area contributed by atoms with E-state index in [4.69, 9.17) is 14.8 Å². The zero-order valence-electron chi connectivity index (χ0n) is 7.41. The van der Waals surface area contributed by atoms with Gasteiger partial charge in [-0.2, -0.15) is 0 Å². The maximum atomic E-state index is 13.2. The number of rotatable bonds is 2. The number of hydrogen-bond donors (Lipinski definition) is 2. The minimum atomic E-state index is -1.81. The van der Waals surface area contributed by atoms with Crippen molar-refractivity contribution in [2.75, 3.05) is 7.11 Å². The van der Waals surface area contributed by atoms with E-state index in [2.05, 4.69) is 0 Å². The summed E-state index contributed by atoms with van der Waals surface area (Å²) in [5, 5.41) is 17.6. The predicted octanol–water partition coefficient (Wildman–Crippen LogP) is -0.177. The van der Waals surface area contributed by atoms with Crippen molar-refractivity contribution in [1.82, 2.24) is 0 Å². The van der Waals surface area contributed by atoms with Gasteiger partial charge in [0, 0.05) is 5.46 Å². The van der Waals surface area contributed by atoms with E-state index < -0.39 is 12.9 Å². The van der Waals surface area contributed by atoms with Gasteiger partial charge in [0.2, 0.25) is 0 Å². The minimum absolute atomic E-state index is 0.170. The van der Waals surface area contributed by atoms with Crippen LogP contribution in [-0.4, -0.2) is 24.3 Å². The number of halogens is 1. The van der Waals surface area contributed by atoms with Crippen LogP contribution in [-0.2, 0) is 0 Å². The molecule has 0 amide bonds. The van der Waals surface area contributed by atoms with E-state index >= 15 is 0 Å². The third-order valence-electron chi connectivity index (χ3n) is 1.77. The first-order valence-electron chi connectivity index (χ1n) is 3.76. The molecule has 0 aliphatic rings. The van der Waals surface area contributed by atoms with Gasteiger partial charge in [-0.05, 0) is 24.6 Å². The van der Waals surface area contributed by atoms with Crippen molar-refractivity contribution in [3.63, 3.8) is 0 Å². The van der Waals surface area contributed by atoms with E-state index in [-0.39, 0.29) is 5.46 Å². The van der Waals surface area contributed by atoms with E-state index in [1.165, 1.54) is 26.2 Å². The second kappa shape index (κ2) is 3.76. The van der Waals surface area contributed by atoms with E-state index in [1.54, 1.807) is 0 Å². The number of aryl methyl sites for hydroxylation is 1. The van der Waals surface area contributed by atoms with Gasteiger partial charge < -0.3 is 14.8 Å². The van der Waals surface area contributed by atoms with Crippen molar-refractivity contribution in [1.29, 1.82) is 0 Å². The summed E-state index contributed by atoms with van der Waals surface area (Å²) in [6, 6.07) is 2.74. The lowest BCUT2D eigenvalue weighted by molar-refractivity contribution is 0.409. The Morgan fingerprint density at radius 3 is 2.46 bits per heavy atom. The van der Waals surface area contributed by atoms with Gasteiger partial charge in [0.15, 0.2) is 0 Å². The molecule has 5 heteroatoms. The van der Waals surface area contributed by atoms with Crippen LogP contribution in [0.3, 0.4) is 0 Å². The molecule has 3 nitrogen and oxygen atoms in total. The molecule has 0 bridgehead atoms. The van der Waals surface area contributed by atoms with E-state index in [0.29, 0.717) is 11.3 Å². The summed E-state index contributed by atoms with van der Waals surface area (Å²) in [7, 11) is -0.381. The minimum Gasteiger partial charge on any atom is -0.497 e. The molecule has 0 spiro atoms. The highest BCUT2D eigenvalue weighted by Gasteiger charge is 2.19. The van der Waals surface area contributed by atoms with Crippen LogP contribution in [0.2, 0.25) is 0 Å². The van der Waals surface area contributed by atoms with Crippen molar-refractivity contribution < 1.29 is 19.2 Å². The molecule has 70 valence electrons. The van der Waals surface area contributed by atoms with Gasteiger partial charge in [0.1, 0.15) is 11.6 Å². The van der Waals surface area contributed by atoms with Gasteiger partial charge in [-0.25, -0.2) is 4.39 Å². The van der Waals surface area contributed by atoms with Crippen molar-refractivity contribution in [2.45, 2.75) is 6.92 Å². The molecule has 0 saturated heterocycles. The highest BCUT2D eigenvalue weighted by molar-refractivity contribution is 6.58. The fraction of sp³-hybridized carbons (Fsp3) is 0.250. The Kier molecular flexibility index (Phi) is 2.90. The summed E-state index contributed by atoms with van der Waals surface area (Å²) in [6.07, 6.45) is 0. The summed E-state index contributed by atoms with van der Waals surface area (Å²) in [6.45, 7) is 1.53. The first-order chi connectivity index (χ1) is 6.06. The van der Waals surface area contributed by atoms with Crippen LogP contribution in [0, 0.1) is 12.7 Å². The van der Waals surface area contributed by atoms with Gasteiger partial charge in [-0.1, -0.05) is 0 Å². The van der Waals surface area contributed by atoms with Gasteiger partial charge >= 0.3 is 7.12 Å². The normalized spacial score (nSPS) is 9.92. The zero-order valence-corrected chi connectivity index (χ0v) is 7.41. The molecule has 1 aromatic carbocycles. The third kappa shape index (κ3) is 1.99. The lowest BCUT2D eigenvalue weighted by atomic mass is 9.79. The molecule has 0 aliphatic carbocycles. The summed E-state index contributed by atoms with van der Waals surface area (Å²) >= 11 is 0. The molecule has 0 saturated carbocycles. The molecule has 13 heavy (non-hydrogen) atoms. The van der Waals surface area contributed by atoms with E-state index in [1.807, 2.05) is 0 Å². The largest absolute Gasteiger partial charge is 0.497 e. The summed E-state index contributed by atoms with van der Waals surface area (Å²) in [5.41, 5.74) is 0.152. The lowest BCUT2D eigenvalue weighted by Crippen LogP contribution is -2.33. The highest BCUT2D eigenvalue weighted by Crippen LogP contribution is 2.13. The van der Waals surface area contributed by atoms with Crippen molar-refractivity contribution >= 4 is 12.6 Å². The van der Waals surface area contributed by atoms with Crippen molar-refractivity contribution in [2.24, 2.45) is 0 Å². The predicted molar refractivity (Wildman–Crippen MR) is 47.5 cm³/mol. The van der Waals surface area contributed by atoms with Gasteiger partial charge in [-0.15, -0.1) is 0 Å². The van der Waals surface area contributed by atoms with Crippen LogP contribution in [0.5, 0.6) is 5.75 Å². The molecule has 0 heterocycles. The van der Waals surface area contributed by atoms with Gasteiger partial charge in [-0.3, -0.25) is 0 Å². The smallest absolute Gasteiger partial charge is 0.491 e. The van der Waals surface area contributed by atoms with E-state index in [0.717, 1.165) is 0 Å². The zero-order chi connectivity index (χ0) is 10.0. The molecule has 1 rings (SSSR count). The summed E-state index contributed by atoms with van der Waals surface area (Å²) in [4.78, 5) is 0. The molecule has 2 N–H and O–H groups in total. The Balaban J connectivity index is 3.25. The second-order valence-corrected chi connectivity index (χ2v) is 2.72. The maximum Gasteiger partial charge on any atom is 0.491 e. The van der Waals surface area contributed by atoms with Crippen molar-refractivity contribution in [3.05, 3.63) is 23.5 Å². The van der Waals surface area contributed by atoms with E-state index in [9.17, 15) is 4.39 Å². The third-order valence-corrected chi connectivity index (χ3v) is 1.77. The molecule has 0 radical (unpaired) electrons. The molecule has 0 unspecified atom stereocenters. The Morgan fingerprint density at radius 2 is 2.00 bits per heavy atom. The molecule has 0 aromatic heterocycles. The second-order valence-electron chi connectivity index (χ2n) is 2.72. The first kappa shape index (κ1) is 10.0. The first-order valence-corrected chi connectivity index (χ1v) is 3.76. The van der Waals surface area contributed by atoms with Gasteiger partial charge in [0.25, 0.3) is 0 Å². The quantitative estimate of drug-likeness (QED) is 0.627. The van der Waals surface area contributed by atoms with Gasteiger partial charge in [0.05, 0.1) is 7.11 Å². The number of methoxy groups -OCH3 is 1. The number of hydrogen-bond acceptors (Lipinski definition) is 3. The van der Waals surface area contributed by atoms with Crippen LogP contribution < -0.4 is 10.2 Å². The van der Waals surface area contributed by atoms with Crippen LogP contribution in [0.1, 0.15) is 5.56 Å². The molecular weight excluding hydrogens is 174 g/mol. The van der Waals surface area contributed by atoms with Crippen LogP contribution >= 0.6 is 0 Å². The molecule has 0 aliphatic heterocycles. The average molecular weight is 184 g/mol. The number of benzene rings is 1. The summed E-state index contributed by atoms with van der Waals surface area (Å²) in [5.74, 6) is -0.210. The Hall–Kier alpha value is -1.07.